The van der Waals surface area contributed by atoms with Crippen LogP contribution in [-0.2, 0) is 16.0 Å². The molecule has 4 nitrogen and oxygen atoms in total. The monoisotopic (exact) mass is 258 g/mol. The van der Waals surface area contributed by atoms with Crippen molar-refractivity contribution in [1.82, 2.24) is 4.98 Å². The van der Waals surface area contributed by atoms with Gasteiger partial charge in [0.15, 0.2) is 0 Å². The number of hydrogen-bond acceptors (Lipinski definition) is 4. The van der Waals surface area contributed by atoms with Crippen LogP contribution in [0.5, 0.6) is 0 Å². The van der Waals surface area contributed by atoms with Crippen LogP contribution in [0.25, 0.3) is 10.9 Å². The summed E-state index contributed by atoms with van der Waals surface area (Å²) >= 11 is 0. The highest BCUT2D eigenvalue weighted by molar-refractivity contribution is 5.78. The summed E-state index contributed by atoms with van der Waals surface area (Å²) in [4.78, 5) is 15.8. The summed E-state index contributed by atoms with van der Waals surface area (Å²) in [6.45, 7) is 1.78. The van der Waals surface area contributed by atoms with Crippen LogP contribution in [0.15, 0.2) is 36.5 Å². The molecule has 0 fully saturated rings. The van der Waals surface area contributed by atoms with E-state index in [9.17, 15) is 4.79 Å². The molecule has 2 aromatic rings. The molecule has 2 unspecified atom stereocenters. The maximum Gasteiger partial charge on any atom is 0.309 e. The SMILES string of the molecule is COC(=O)C(C)C(N)Cc1cnc2ccccc2c1. The lowest BCUT2D eigenvalue weighted by Gasteiger charge is -2.17. The Labute approximate surface area is 112 Å². The van der Waals surface area contributed by atoms with Gasteiger partial charge >= 0.3 is 5.97 Å². The number of methoxy groups -OCH3 is 1. The molecule has 2 N–H and O–H groups in total. The highest BCUT2D eigenvalue weighted by Gasteiger charge is 2.21. The summed E-state index contributed by atoms with van der Waals surface area (Å²) in [5.74, 6) is -0.599. The molecule has 0 radical (unpaired) electrons. The third kappa shape index (κ3) is 3.09. The molecule has 0 amide bonds. The molecule has 2 atom stereocenters. The van der Waals surface area contributed by atoms with Crippen LogP contribution in [0.3, 0.4) is 0 Å². The smallest absolute Gasteiger partial charge is 0.309 e. The minimum atomic E-state index is -0.323. The first kappa shape index (κ1) is 13.5. The summed E-state index contributed by atoms with van der Waals surface area (Å²) in [6, 6.07) is 9.71. The van der Waals surface area contributed by atoms with Gasteiger partial charge in [-0.2, -0.15) is 0 Å². The molecule has 0 saturated carbocycles. The van der Waals surface area contributed by atoms with E-state index >= 15 is 0 Å². The number of nitrogens with zero attached hydrogens (tertiary/aromatic N) is 1. The highest BCUT2D eigenvalue weighted by atomic mass is 16.5. The number of nitrogens with two attached hydrogens (primary N) is 1. The lowest BCUT2D eigenvalue weighted by molar-refractivity contribution is -0.145. The zero-order chi connectivity index (χ0) is 13.8. The average molecular weight is 258 g/mol. The van der Waals surface area contributed by atoms with Gasteiger partial charge in [-0.25, -0.2) is 0 Å². The fraction of sp³-hybridized carbons (Fsp3) is 0.333. The first-order valence-electron chi connectivity index (χ1n) is 6.29. The van der Waals surface area contributed by atoms with Crippen LogP contribution in [0.2, 0.25) is 0 Å². The largest absolute Gasteiger partial charge is 0.469 e. The van der Waals surface area contributed by atoms with Gasteiger partial charge in [-0.3, -0.25) is 9.78 Å². The summed E-state index contributed by atoms with van der Waals surface area (Å²) < 4.78 is 4.71. The van der Waals surface area contributed by atoms with E-state index in [1.54, 1.807) is 6.92 Å². The van der Waals surface area contributed by atoms with E-state index in [4.69, 9.17) is 10.5 Å². The molecular weight excluding hydrogens is 240 g/mol. The van der Waals surface area contributed by atoms with Crippen LogP contribution in [0.1, 0.15) is 12.5 Å². The number of pyridine rings is 1. The van der Waals surface area contributed by atoms with Crippen molar-refractivity contribution in [3.63, 3.8) is 0 Å². The first-order valence-corrected chi connectivity index (χ1v) is 6.29. The van der Waals surface area contributed by atoms with Crippen molar-refractivity contribution in [3.8, 4) is 0 Å². The van der Waals surface area contributed by atoms with Gasteiger partial charge in [0.1, 0.15) is 0 Å². The number of carbonyl (C=O) groups is 1. The van der Waals surface area contributed by atoms with E-state index in [0.717, 1.165) is 16.5 Å². The Morgan fingerprint density at radius 1 is 1.42 bits per heavy atom. The van der Waals surface area contributed by atoms with Crippen molar-refractivity contribution in [1.29, 1.82) is 0 Å². The van der Waals surface area contributed by atoms with Gasteiger partial charge in [0, 0.05) is 17.6 Å². The molecule has 4 heteroatoms. The Morgan fingerprint density at radius 2 is 2.16 bits per heavy atom. The number of para-hydroxylation sites is 1. The number of hydrogen-bond donors (Lipinski definition) is 1. The van der Waals surface area contributed by atoms with Gasteiger partial charge in [-0.1, -0.05) is 25.1 Å². The van der Waals surface area contributed by atoms with Crippen molar-refractivity contribution >= 4 is 16.9 Å². The minimum absolute atomic E-state index is 0.268. The molecule has 0 spiro atoms. The van der Waals surface area contributed by atoms with Gasteiger partial charge in [0.2, 0.25) is 0 Å². The molecule has 19 heavy (non-hydrogen) atoms. The third-order valence-electron chi connectivity index (χ3n) is 3.33. The Kier molecular flexibility index (Phi) is 4.12. The van der Waals surface area contributed by atoms with Gasteiger partial charge in [-0.05, 0) is 24.1 Å². The summed E-state index contributed by atoms with van der Waals surface area (Å²) in [5, 5.41) is 1.08. The molecule has 2 rings (SSSR count). The summed E-state index contributed by atoms with van der Waals surface area (Å²) in [7, 11) is 1.38. The fourth-order valence-corrected chi connectivity index (χ4v) is 2.04. The number of ether oxygens (including phenoxy) is 1. The number of esters is 1. The second-order valence-electron chi connectivity index (χ2n) is 4.72. The zero-order valence-electron chi connectivity index (χ0n) is 11.2. The van der Waals surface area contributed by atoms with Gasteiger partial charge in [0.05, 0.1) is 18.5 Å². The summed E-state index contributed by atoms with van der Waals surface area (Å²) in [5.41, 5.74) is 8.03. The van der Waals surface area contributed by atoms with Crippen LogP contribution in [-0.4, -0.2) is 24.1 Å². The maximum absolute atomic E-state index is 11.4. The molecule has 0 saturated heterocycles. The Hall–Kier alpha value is -1.94. The predicted octanol–water partition coefficient (Wildman–Crippen LogP) is 1.91. The molecule has 100 valence electrons. The summed E-state index contributed by atoms with van der Waals surface area (Å²) in [6.07, 6.45) is 2.42. The molecule has 1 heterocycles. The number of carbonyl (C=O) groups excluding carboxylic acids is 1. The van der Waals surface area contributed by atoms with E-state index < -0.39 is 0 Å². The van der Waals surface area contributed by atoms with Crippen molar-refractivity contribution in [3.05, 3.63) is 42.1 Å². The van der Waals surface area contributed by atoms with E-state index in [2.05, 4.69) is 11.1 Å². The van der Waals surface area contributed by atoms with Gasteiger partial charge in [-0.15, -0.1) is 0 Å². The number of aromatic nitrogens is 1. The lowest BCUT2D eigenvalue weighted by Crippen LogP contribution is -2.36. The maximum atomic E-state index is 11.4. The Bertz CT molecular complexity index is 583. The zero-order valence-corrected chi connectivity index (χ0v) is 11.2. The highest BCUT2D eigenvalue weighted by Crippen LogP contribution is 2.15. The quantitative estimate of drug-likeness (QED) is 0.851. The molecule has 0 aliphatic heterocycles. The topological polar surface area (TPSA) is 65.2 Å². The van der Waals surface area contributed by atoms with Crippen LogP contribution < -0.4 is 5.73 Å². The van der Waals surface area contributed by atoms with Gasteiger partial charge in [0.25, 0.3) is 0 Å². The van der Waals surface area contributed by atoms with E-state index in [1.165, 1.54) is 7.11 Å². The second kappa shape index (κ2) is 5.80. The number of benzene rings is 1. The minimum Gasteiger partial charge on any atom is -0.469 e. The van der Waals surface area contributed by atoms with Crippen molar-refractivity contribution < 1.29 is 9.53 Å². The van der Waals surface area contributed by atoms with Crippen molar-refractivity contribution in [2.75, 3.05) is 7.11 Å². The van der Waals surface area contributed by atoms with Crippen LogP contribution >= 0.6 is 0 Å². The fourth-order valence-electron chi connectivity index (χ4n) is 2.04. The average Bonchev–Trinajstić information content (AvgIpc) is 2.45. The second-order valence-corrected chi connectivity index (χ2v) is 4.72. The van der Waals surface area contributed by atoms with E-state index in [1.807, 2.05) is 30.5 Å². The molecule has 0 aliphatic rings. The third-order valence-corrected chi connectivity index (χ3v) is 3.33. The van der Waals surface area contributed by atoms with Crippen molar-refractivity contribution in [2.24, 2.45) is 11.7 Å². The first-order chi connectivity index (χ1) is 9.11. The lowest BCUT2D eigenvalue weighted by atomic mass is 9.96. The molecular formula is C15H18N2O2. The standard InChI is InChI=1S/C15H18N2O2/c1-10(15(18)19-2)13(16)8-11-7-12-5-3-4-6-14(12)17-9-11/h3-7,9-10,13H,8,16H2,1-2H3. The van der Waals surface area contributed by atoms with Crippen molar-refractivity contribution in [2.45, 2.75) is 19.4 Å². The Morgan fingerprint density at radius 3 is 2.89 bits per heavy atom. The van der Waals surface area contributed by atoms with Gasteiger partial charge < -0.3 is 10.5 Å². The predicted molar refractivity (Wildman–Crippen MR) is 74.6 cm³/mol. The molecule has 1 aromatic carbocycles. The number of fused-ring (bicyclic) bond motifs is 1. The van der Waals surface area contributed by atoms with Crippen LogP contribution in [0.4, 0.5) is 0 Å². The normalized spacial score (nSPS) is 14.1. The molecule has 1 aromatic heterocycles. The molecule has 0 bridgehead atoms. The van der Waals surface area contributed by atoms with E-state index in [0.29, 0.717) is 6.42 Å². The number of rotatable bonds is 4. The van der Waals surface area contributed by atoms with E-state index in [-0.39, 0.29) is 17.9 Å². The molecule has 0 aliphatic carbocycles. The van der Waals surface area contributed by atoms with Crippen LogP contribution in [0, 0.1) is 5.92 Å². The Balaban J connectivity index is 2.14.